The maximum Gasteiger partial charge on any atom is 0.194 e. The van der Waals surface area contributed by atoms with Crippen LogP contribution in [-0.2, 0) is 11.3 Å². The van der Waals surface area contributed by atoms with E-state index in [4.69, 9.17) is 9.73 Å². The van der Waals surface area contributed by atoms with Gasteiger partial charge in [-0.05, 0) is 43.0 Å². The Balaban J connectivity index is 0.00000289. The molecule has 32 heavy (non-hydrogen) atoms. The van der Waals surface area contributed by atoms with Crippen molar-refractivity contribution in [3.8, 4) is 0 Å². The second kappa shape index (κ2) is 12.2. The number of nitrogens with zero attached hydrogens (tertiary/aromatic N) is 4. The normalized spacial score (nSPS) is 19.2. The van der Waals surface area contributed by atoms with Crippen molar-refractivity contribution in [1.29, 1.82) is 0 Å². The first kappa shape index (κ1) is 24.5. The van der Waals surface area contributed by atoms with Crippen LogP contribution in [0.3, 0.4) is 0 Å². The number of pyridine rings is 1. The minimum absolute atomic E-state index is 0. The summed E-state index contributed by atoms with van der Waals surface area (Å²) in [6.07, 6.45) is 5.56. The number of halogens is 1. The van der Waals surface area contributed by atoms with E-state index in [1.807, 2.05) is 6.20 Å². The highest BCUT2D eigenvalue weighted by molar-refractivity contribution is 14.0. The van der Waals surface area contributed by atoms with E-state index in [0.717, 1.165) is 63.1 Å². The van der Waals surface area contributed by atoms with E-state index in [1.54, 1.807) is 0 Å². The van der Waals surface area contributed by atoms with Crippen LogP contribution in [0.2, 0.25) is 0 Å². The average Bonchev–Trinajstić information content (AvgIpc) is 2.83. The highest BCUT2D eigenvalue weighted by Crippen LogP contribution is 2.22. The summed E-state index contributed by atoms with van der Waals surface area (Å²) in [5, 5.41) is 3.45. The van der Waals surface area contributed by atoms with Crippen LogP contribution in [0.25, 0.3) is 5.57 Å². The van der Waals surface area contributed by atoms with Crippen LogP contribution >= 0.6 is 24.0 Å². The van der Waals surface area contributed by atoms with Gasteiger partial charge in [-0.25, -0.2) is 9.98 Å². The van der Waals surface area contributed by atoms with Gasteiger partial charge in [0.1, 0.15) is 5.82 Å². The lowest BCUT2D eigenvalue weighted by atomic mass is 10.00. The maximum atomic E-state index is 5.63. The number of nitrogens with one attached hydrogen (secondary N) is 1. The third kappa shape index (κ3) is 6.45. The summed E-state index contributed by atoms with van der Waals surface area (Å²) in [4.78, 5) is 14.2. The molecule has 0 bridgehead atoms. The Morgan fingerprint density at radius 3 is 2.69 bits per heavy atom. The molecule has 0 aliphatic carbocycles. The number of morpholine rings is 1. The van der Waals surface area contributed by atoms with Crippen molar-refractivity contribution in [2.24, 2.45) is 4.99 Å². The largest absolute Gasteiger partial charge is 0.375 e. The number of guanidine groups is 1. The number of aliphatic imine (C=N–C) groups is 1. The van der Waals surface area contributed by atoms with Gasteiger partial charge in [-0.1, -0.05) is 42.5 Å². The molecule has 1 fully saturated rings. The smallest absolute Gasteiger partial charge is 0.194 e. The highest BCUT2D eigenvalue weighted by Gasteiger charge is 2.18. The molecule has 1 unspecified atom stereocenters. The molecule has 0 radical (unpaired) electrons. The van der Waals surface area contributed by atoms with Crippen LogP contribution in [0.1, 0.15) is 31.4 Å². The Morgan fingerprint density at radius 1 is 1.19 bits per heavy atom. The molecule has 2 aromatic rings. The first-order valence-corrected chi connectivity index (χ1v) is 11.3. The molecule has 1 saturated heterocycles. The lowest BCUT2D eigenvalue weighted by Crippen LogP contribution is -2.43. The Kier molecular flexibility index (Phi) is 9.35. The zero-order valence-corrected chi connectivity index (χ0v) is 21.4. The summed E-state index contributed by atoms with van der Waals surface area (Å²) in [6, 6.07) is 14.9. The predicted octanol–water partition coefficient (Wildman–Crippen LogP) is 4.18. The number of ether oxygens (including phenoxy) is 1. The van der Waals surface area contributed by atoms with Crippen molar-refractivity contribution < 1.29 is 4.74 Å². The van der Waals surface area contributed by atoms with Gasteiger partial charge in [-0.2, -0.15) is 0 Å². The molecule has 1 atom stereocenters. The molecule has 0 amide bonds. The summed E-state index contributed by atoms with van der Waals surface area (Å²) >= 11 is 0. The Labute approximate surface area is 208 Å². The van der Waals surface area contributed by atoms with E-state index in [2.05, 4.69) is 82.5 Å². The van der Waals surface area contributed by atoms with Gasteiger partial charge in [0.15, 0.2) is 5.96 Å². The van der Waals surface area contributed by atoms with Crippen LogP contribution in [0.5, 0.6) is 0 Å². The fourth-order valence-corrected chi connectivity index (χ4v) is 4.09. The van der Waals surface area contributed by atoms with Crippen molar-refractivity contribution in [2.45, 2.75) is 32.9 Å². The molecular formula is C25H34IN5O. The quantitative estimate of drug-likeness (QED) is 0.346. The van der Waals surface area contributed by atoms with E-state index < -0.39 is 0 Å². The molecule has 0 spiro atoms. The zero-order chi connectivity index (χ0) is 21.5. The minimum Gasteiger partial charge on any atom is -0.375 e. The SMILES string of the molecule is CCNC(=NCc1ccc(N2CCOC(C)C2)nc1)N1CC=C(c2ccccc2)CC1.I. The van der Waals surface area contributed by atoms with E-state index in [9.17, 15) is 0 Å². The second-order valence-electron chi connectivity index (χ2n) is 8.11. The van der Waals surface area contributed by atoms with Gasteiger partial charge < -0.3 is 19.9 Å². The molecule has 172 valence electrons. The van der Waals surface area contributed by atoms with Crippen LogP contribution in [-0.4, -0.2) is 61.3 Å². The molecule has 1 N–H and O–H groups in total. The van der Waals surface area contributed by atoms with Gasteiger partial charge in [0.2, 0.25) is 0 Å². The standard InChI is InChI=1S/C25H33N5O.HI/c1-3-26-25(29-13-11-23(12-14-29)22-7-5-4-6-8-22)28-18-21-9-10-24(27-17-21)30-15-16-31-20(2)19-30;/h4-11,17,20H,3,12-16,18-19H2,1-2H3,(H,26,28);1H. The number of anilines is 1. The summed E-state index contributed by atoms with van der Waals surface area (Å²) in [7, 11) is 0. The Bertz CT molecular complexity index is 900. The summed E-state index contributed by atoms with van der Waals surface area (Å²) in [5.41, 5.74) is 3.87. The van der Waals surface area contributed by atoms with Crippen molar-refractivity contribution >= 4 is 41.3 Å². The lowest BCUT2D eigenvalue weighted by molar-refractivity contribution is 0.0529. The molecule has 1 aromatic heterocycles. The molecule has 7 heteroatoms. The Hall–Kier alpha value is -2.13. The van der Waals surface area contributed by atoms with Crippen LogP contribution in [0.4, 0.5) is 5.82 Å². The molecule has 3 heterocycles. The topological polar surface area (TPSA) is 53.0 Å². The van der Waals surface area contributed by atoms with Crippen molar-refractivity contribution in [2.75, 3.05) is 44.2 Å². The van der Waals surface area contributed by atoms with E-state index in [-0.39, 0.29) is 30.1 Å². The van der Waals surface area contributed by atoms with Gasteiger partial charge in [-0.3, -0.25) is 0 Å². The summed E-state index contributed by atoms with van der Waals surface area (Å²) in [5.74, 6) is 1.99. The van der Waals surface area contributed by atoms with Crippen molar-refractivity contribution in [1.82, 2.24) is 15.2 Å². The van der Waals surface area contributed by atoms with Gasteiger partial charge in [-0.15, -0.1) is 24.0 Å². The monoisotopic (exact) mass is 547 g/mol. The molecule has 4 rings (SSSR count). The molecule has 6 nitrogen and oxygen atoms in total. The second-order valence-corrected chi connectivity index (χ2v) is 8.11. The Morgan fingerprint density at radius 2 is 2.03 bits per heavy atom. The first-order valence-electron chi connectivity index (χ1n) is 11.3. The number of hydrogen-bond donors (Lipinski definition) is 1. The molecule has 2 aliphatic rings. The van der Waals surface area contributed by atoms with E-state index in [1.165, 1.54) is 11.1 Å². The molecule has 0 saturated carbocycles. The first-order chi connectivity index (χ1) is 15.2. The zero-order valence-electron chi connectivity index (χ0n) is 19.0. The summed E-state index contributed by atoms with van der Waals surface area (Å²) < 4.78 is 5.63. The number of hydrogen-bond acceptors (Lipinski definition) is 4. The van der Waals surface area contributed by atoms with Crippen LogP contribution < -0.4 is 10.2 Å². The van der Waals surface area contributed by atoms with E-state index in [0.29, 0.717) is 6.54 Å². The third-order valence-electron chi connectivity index (χ3n) is 5.77. The lowest BCUT2D eigenvalue weighted by Gasteiger charge is -2.32. The van der Waals surface area contributed by atoms with Gasteiger partial charge >= 0.3 is 0 Å². The van der Waals surface area contributed by atoms with E-state index >= 15 is 0 Å². The van der Waals surface area contributed by atoms with Crippen molar-refractivity contribution in [3.05, 3.63) is 65.9 Å². The van der Waals surface area contributed by atoms with Gasteiger partial charge in [0.05, 0.1) is 19.3 Å². The number of benzene rings is 1. The molecule has 2 aliphatic heterocycles. The average molecular weight is 547 g/mol. The van der Waals surface area contributed by atoms with Crippen LogP contribution in [0, 0.1) is 0 Å². The maximum absolute atomic E-state index is 5.63. The molecule has 1 aromatic carbocycles. The third-order valence-corrected chi connectivity index (χ3v) is 5.77. The highest BCUT2D eigenvalue weighted by atomic mass is 127. The van der Waals surface area contributed by atoms with Gasteiger partial charge in [0, 0.05) is 38.9 Å². The van der Waals surface area contributed by atoms with Crippen LogP contribution in [0.15, 0.2) is 59.7 Å². The van der Waals surface area contributed by atoms with Crippen molar-refractivity contribution in [3.63, 3.8) is 0 Å². The predicted molar refractivity (Wildman–Crippen MR) is 143 cm³/mol. The fourth-order valence-electron chi connectivity index (χ4n) is 4.09. The minimum atomic E-state index is 0. The fraction of sp³-hybridized carbons (Fsp3) is 0.440. The number of rotatable bonds is 5. The van der Waals surface area contributed by atoms with Gasteiger partial charge in [0.25, 0.3) is 0 Å². The summed E-state index contributed by atoms with van der Waals surface area (Å²) in [6.45, 7) is 10.1. The number of aromatic nitrogens is 1. The molecular weight excluding hydrogens is 513 g/mol.